The van der Waals surface area contributed by atoms with E-state index in [4.69, 9.17) is 21.3 Å². The van der Waals surface area contributed by atoms with Crippen LogP contribution in [0.15, 0.2) is 47.5 Å². The Bertz CT molecular complexity index is 2090. The van der Waals surface area contributed by atoms with Gasteiger partial charge in [-0.15, -0.1) is 0 Å². The SMILES string of the molecule is O=C(CCN1CCOCC1)Nc1ccc2c(=O)n(CC3(O)CCN(C(=O)CCCCNC(=O)c4ccc5c(Cl)c6c(nc5c4)CCCC6)CC3)cnc2c1. The van der Waals surface area contributed by atoms with Crippen molar-refractivity contribution in [1.29, 1.82) is 0 Å². The standard InChI is InChI=1S/C40H48ClN7O6/c41-37-29-5-1-2-6-32(29)45-34-23-27(8-10-30(34)37)38(51)42-15-4-3-7-36(50)47-17-13-40(53,14-18-47)25-48-26-43-33-24-28(9-11-31(33)39(48)52)44-35(49)12-16-46-19-21-54-22-20-46/h8-11,23-24,26,53H,1-7,12-22,25H2,(H,42,51)(H,44,49). The van der Waals surface area contributed by atoms with E-state index in [9.17, 15) is 24.3 Å². The normalized spacial score (nSPS) is 17.3. The largest absolute Gasteiger partial charge is 0.388 e. The van der Waals surface area contributed by atoms with Crippen LogP contribution in [0.3, 0.4) is 0 Å². The van der Waals surface area contributed by atoms with E-state index >= 15 is 0 Å². The molecule has 2 fully saturated rings. The Hall–Kier alpha value is -4.43. The molecule has 2 aromatic heterocycles. The number of pyridine rings is 1. The number of halogens is 1. The second kappa shape index (κ2) is 16.9. The highest BCUT2D eigenvalue weighted by Crippen LogP contribution is 2.33. The first-order chi connectivity index (χ1) is 26.2. The molecule has 0 radical (unpaired) electrons. The highest BCUT2D eigenvalue weighted by molar-refractivity contribution is 6.36. The van der Waals surface area contributed by atoms with Crippen LogP contribution >= 0.6 is 11.6 Å². The molecule has 4 aromatic rings. The van der Waals surface area contributed by atoms with Gasteiger partial charge in [0.05, 0.1) is 53.1 Å². The number of aromatic nitrogens is 3. The summed E-state index contributed by atoms with van der Waals surface area (Å²) in [5, 5.41) is 19.3. The van der Waals surface area contributed by atoms with Gasteiger partial charge in [0.15, 0.2) is 0 Å². The zero-order chi connectivity index (χ0) is 37.7. The van der Waals surface area contributed by atoms with Gasteiger partial charge in [-0.3, -0.25) is 33.6 Å². The van der Waals surface area contributed by atoms with Crippen molar-refractivity contribution in [2.45, 2.75) is 76.4 Å². The fourth-order valence-electron chi connectivity index (χ4n) is 7.68. The second-order valence-corrected chi connectivity index (χ2v) is 15.1. The summed E-state index contributed by atoms with van der Waals surface area (Å²) in [6, 6.07) is 10.5. The third-order valence-electron chi connectivity index (χ3n) is 10.9. The third-order valence-corrected chi connectivity index (χ3v) is 11.4. The molecule has 13 nitrogen and oxygen atoms in total. The van der Waals surface area contributed by atoms with Crippen LogP contribution in [0.2, 0.25) is 5.02 Å². The number of likely N-dealkylation sites (tertiary alicyclic amines) is 1. The molecule has 0 atom stereocenters. The predicted octanol–water partition coefficient (Wildman–Crippen LogP) is 4.09. The zero-order valence-corrected chi connectivity index (χ0v) is 31.3. The molecular formula is C40H48ClN7O6. The topological polar surface area (TPSA) is 159 Å². The number of aliphatic hydroxyl groups is 1. The number of nitrogens with zero attached hydrogens (tertiary/aromatic N) is 5. The summed E-state index contributed by atoms with van der Waals surface area (Å²) in [6.07, 6.45) is 8.16. The molecule has 1 aliphatic carbocycles. The molecule has 0 spiro atoms. The van der Waals surface area contributed by atoms with E-state index in [-0.39, 0.29) is 29.8 Å². The molecule has 3 amide bonds. The van der Waals surface area contributed by atoms with Crippen molar-refractivity contribution in [3.05, 3.63) is 74.9 Å². The minimum absolute atomic E-state index is 0.0118. The number of rotatable bonds is 12. The Morgan fingerprint density at radius 3 is 2.52 bits per heavy atom. The number of ether oxygens (including phenoxy) is 1. The van der Waals surface area contributed by atoms with E-state index in [2.05, 4.69) is 20.5 Å². The maximum atomic E-state index is 13.3. The fraction of sp³-hybridized carbons (Fsp3) is 0.500. The molecule has 2 aromatic carbocycles. The van der Waals surface area contributed by atoms with Crippen molar-refractivity contribution in [2.24, 2.45) is 0 Å². The van der Waals surface area contributed by atoms with E-state index < -0.39 is 5.60 Å². The van der Waals surface area contributed by atoms with E-state index in [1.54, 1.807) is 35.2 Å². The minimum atomic E-state index is -1.16. The lowest BCUT2D eigenvalue weighted by molar-refractivity contribution is -0.136. The highest BCUT2D eigenvalue weighted by Gasteiger charge is 2.34. The van der Waals surface area contributed by atoms with Gasteiger partial charge in [0.1, 0.15) is 0 Å². The van der Waals surface area contributed by atoms with Crippen LogP contribution in [-0.2, 0) is 33.7 Å². The van der Waals surface area contributed by atoms with Crippen molar-refractivity contribution >= 4 is 56.8 Å². The van der Waals surface area contributed by atoms with Gasteiger partial charge in [-0.05, 0) is 87.3 Å². The summed E-state index contributed by atoms with van der Waals surface area (Å²) < 4.78 is 6.78. The molecule has 14 heteroatoms. The van der Waals surface area contributed by atoms with Crippen LogP contribution < -0.4 is 16.2 Å². The van der Waals surface area contributed by atoms with E-state index in [1.807, 2.05) is 6.07 Å². The number of nitrogens with one attached hydrogen (secondary N) is 2. The molecule has 2 aliphatic heterocycles. The van der Waals surface area contributed by atoms with Crippen LogP contribution in [0.5, 0.6) is 0 Å². The number of fused-ring (bicyclic) bond motifs is 3. The Morgan fingerprint density at radius 1 is 0.926 bits per heavy atom. The fourth-order valence-corrected chi connectivity index (χ4v) is 8.04. The number of morpholine rings is 1. The Kier molecular flexibility index (Phi) is 11.9. The average molecular weight is 758 g/mol. The van der Waals surface area contributed by atoms with Crippen LogP contribution in [-0.4, -0.2) is 105 Å². The molecule has 0 unspecified atom stereocenters. The second-order valence-electron chi connectivity index (χ2n) is 14.8. The number of carbonyl (C=O) groups excluding carboxylic acids is 3. The predicted molar refractivity (Wildman–Crippen MR) is 207 cm³/mol. The van der Waals surface area contributed by atoms with Gasteiger partial charge in [-0.1, -0.05) is 17.7 Å². The van der Waals surface area contributed by atoms with Gasteiger partial charge < -0.3 is 25.4 Å². The van der Waals surface area contributed by atoms with Gasteiger partial charge in [-0.25, -0.2) is 4.98 Å². The number of aryl methyl sites for hydroxylation is 1. The van der Waals surface area contributed by atoms with Gasteiger partial charge in [0.2, 0.25) is 11.8 Å². The lowest BCUT2D eigenvalue weighted by atomic mass is 9.91. The lowest BCUT2D eigenvalue weighted by Crippen LogP contribution is -2.49. The molecule has 0 bridgehead atoms. The smallest absolute Gasteiger partial charge is 0.261 e. The number of benzene rings is 2. The molecule has 3 aliphatic rings. The summed E-state index contributed by atoms with van der Waals surface area (Å²) >= 11 is 6.69. The van der Waals surface area contributed by atoms with Crippen molar-refractivity contribution in [2.75, 3.05) is 57.8 Å². The lowest BCUT2D eigenvalue weighted by Gasteiger charge is -2.38. The maximum absolute atomic E-state index is 13.3. The Labute approximate surface area is 319 Å². The summed E-state index contributed by atoms with van der Waals surface area (Å²) in [7, 11) is 0. The average Bonchev–Trinajstić information content (AvgIpc) is 3.18. The number of anilines is 1. The molecule has 2 saturated heterocycles. The quantitative estimate of drug-likeness (QED) is 0.181. The summed E-state index contributed by atoms with van der Waals surface area (Å²) in [6.45, 7) is 4.95. The van der Waals surface area contributed by atoms with Gasteiger partial charge in [0.25, 0.3) is 11.5 Å². The molecular weight excluding hydrogens is 710 g/mol. The molecule has 0 saturated carbocycles. The molecule has 7 rings (SSSR count). The van der Waals surface area contributed by atoms with Gasteiger partial charge >= 0.3 is 0 Å². The van der Waals surface area contributed by atoms with Crippen molar-refractivity contribution in [3.8, 4) is 0 Å². The number of unbranched alkanes of at least 4 members (excludes halogenated alkanes) is 1. The summed E-state index contributed by atoms with van der Waals surface area (Å²) in [4.78, 5) is 65.0. The van der Waals surface area contributed by atoms with Crippen molar-refractivity contribution in [1.82, 2.24) is 29.7 Å². The third kappa shape index (κ3) is 8.92. The Balaban J connectivity index is 0.836. The summed E-state index contributed by atoms with van der Waals surface area (Å²) in [5.41, 5.74) is 3.04. The van der Waals surface area contributed by atoms with Gasteiger partial charge in [0, 0.05) is 74.4 Å². The highest BCUT2D eigenvalue weighted by atomic mass is 35.5. The van der Waals surface area contributed by atoms with E-state index in [1.165, 1.54) is 10.9 Å². The molecule has 3 N–H and O–H groups in total. The van der Waals surface area contributed by atoms with Crippen molar-refractivity contribution in [3.63, 3.8) is 0 Å². The minimum Gasteiger partial charge on any atom is -0.388 e. The number of carbonyl (C=O) groups is 3. The van der Waals surface area contributed by atoms with Crippen LogP contribution in [0.4, 0.5) is 5.69 Å². The van der Waals surface area contributed by atoms with Crippen LogP contribution in [0, 0.1) is 0 Å². The van der Waals surface area contributed by atoms with E-state index in [0.29, 0.717) is 100 Å². The molecule has 54 heavy (non-hydrogen) atoms. The number of amides is 3. The molecule has 286 valence electrons. The van der Waals surface area contributed by atoms with Crippen LogP contribution in [0.1, 0.15) is 73.0 Å². The zero-order valence-electron chi connectivity index (χ0n) is 30.6. The first-order valence-corrected chi connectivity index (χ1v) is 19.5. The first kappa shape index (κ1) is 37.9. The van der Waals surface area contributed by atoms with Crippen molar-refractivity contribution < 1.29 is 24.2 Å². The number of hydrogen-bond acceptors (Lipinski definition) is 9. The number of hydrogen-bond donors (Lipinski definition) is 3. The molecule has 4 heterocycles. The Morgan fingerprint density at radius 2 is 1.70 bits per heavy atom. The van der Waals surface area contributed by atoms with E-state index in [0.717, 1.165) is 66.0 Å². The number of piperidine rings is 1. The summed E-state index contributed by atoms with van der Waals surface area (Å²) in [5.74, 6) is -0.277. The monoisotopic (exact) mass is 757 g/mol. The first-order valence-electron chi connectivity index (χ1n) is 19.1. The van der Waals surface area contributed by atoms with Crippen LogP contribution in [0.25, 0.3) is 21.8 Å². The maximum Gasteiger partial charge on any atom is 0.261 e. The van der Waals surface area contributed by atoms with Gasteiger partial charge in [-0.2, -0.15) is 0 Å².